The Morgan fingerprint density at radius 3 is 2.73 bits per heavy atom. The van der Waals surface area contributed by atoms with E-state index in [0.717, 1.165) is 15.8 Å². The Kier molecular flexibility index (Phi) is 5.73. The summed E-state index contributed by atoms with van der Waals surface area (Å²) < 4.78 is 6.02. The molecule has 7 nitrogen and oxygen atoms in total. The SMILES string of the molecule is CC(=O)OCC(=O)N[C@H]1c2ccccc2C[C@H]1NC(=O)c1cc2sc(Cl)c(Cl)c2[nH]1. The number of ether oxygens (including phenoxy) is 1. The van der Waals surface area contributed by atoms with Crippen LogP contribution in [0.2, 0.25) is 9.36 Å². The zero-order valence-corrected chi connectivity index (χ0v) is 18.1. The summed E-state index contributed by atoms with van der Waals surface area (Å²) in [4.78, 5) is 39.1. The highest BCUT2D eigenvalue weighted by Gasteiger charge is 2.35. The lowest BCUT2D eigenvalue weighted by molar-refractivity contribution is -0.146. The molecule has 2 heterocycles. The Morgan fingerprint density at radius 1 is 1.23 bits per heavy atom. The van der Waals surface area contributed by atoms with Gasteiger partial charge in [0, 0.05) is 6.92 Å². The van der Waals surface area contributed by atoms with E-state index >= 15 is 0 Å². The number of aromatic amines is 1. The third-order valence-electron chi connectivity index (χ3n) is 4.89. The molecule has 3 aromatic rings. The molecule has 4 rings (SSSR count). The van der Waals surface area contributed by atoms with Crippen LogP contribution in [0.25, 0.3) is 10.2 Å². The van der Waals surface area contributed by atoms with E-state index in [1.807, 2.05) is 24.3 Å². The molecule has 0 saturated carbocycles. The number of thiophene rings is 1. The van der Waals surface area contributed by atoms with Gasteiger partial charge in [0.15, 0.2) is 6.61 Å². The van der Waals surface area contributed by atoms with Crippen molar-refractivity contribution >= 4 is 62.5 Å². The fraction of sp³-hybridized carbons (Fsp3) is 0.250. The van der Waals surface area contributed by atoms with E-state index in [-0.39, 0.29) is 18.6 Å². The minimum atomic E-state index is -0.535. The van der Waals surface area contributed by atoms with Crippen LogP contribution < -0.4 is 10.6 Å². The maximum absolute atomic E-state index is 12.9. The number of rotatable bonds is 5. The lowest BCUT2D eigenvalue weighted by Gasteiger charge is -2.23. The van der Waals surface area contributed by atoms with Crippen LogP contribution in [0.1, 0.15) is 34.6 Å². The van der Waals surface area contributed by atoms with Crippen LogP contribution in [0.15, 0.2) is 30.3 Å². The average Bonchev–Trinajstić information content (AvgIpc) is 3.34. The van der Waals surface area contributed by atoms with Crippen molar-refractivity contribution in [2.75, 3.05) is 6.61 Å². The average molecular weight is 466 g/mol. The van der Waals surface area contributed by atoms with E-state index in [4.69, 9.17) is 27.9 Å². The highest BCUT2D eigenvalue weighted by molar-refractivity contribution is 7.23. The van der Waals surface area contributed by atoms with E-state index in [1.165, 1.54) is 18.3 Å². The number of carbonyl (C=O) groups excluding carboxylic acids is 3. The highest BCUT2D eigenvalue weighted by Crippen LogP contribution is 2.39. The molecule has 2 atom stereocenters. The van der Waals surface area contributed by atoms with Crippen molar-refractivity contribution in [2.45, 2.75) is 25.4 Å². The smallest absolute Gasteiger partial charge is 0.303 e. The van der Waals surface area contributed by atoms with Crippen LogP contribution in [-0.2, 0) is 20.7 Å². The summed E-state index contributed by atoms with van der Waals surface area (Å²) in [5.74, 6) is -1.29. The van der Waals surface area contributed by atoms with Crippen molar-refractivity contribution in [1.29, 1.82) is 0 Å². The first kappa shape index (κ1) is 20.7. The number of halogens is 2. The van der Waals surface area contributed by atoms with Gasteiger partial charge in [-0.05, 0) is 23.6 Å². The molecular formula is C20H17Cl2N3O4S. The molecule has 156 valence electrons. The molecule has 2 aromatic heterocycles. The van der Waals surface area contributed by atoms with E-state index in [1.54, 1.807) is 6.07 Å². The van der Waals surface area contributed by atoms with Gasteiger partial charge in [0.05, 0.1) is 27.3 Å². The number of aromatic nitrogens is 1. The first-order valence-electron chi connectivity index (χ1n) is 9.11. The van der Waals surface area contributed by atoms with Gasteiger partial charge in [-0.25, -0.2) is 0 Å². The third kappa shape index (κ3) is 4.03. The van der Waals surface area contributed by atoms with Gasteiger partial charge < -0.3 is 20.4 Å². The van der Waals surface area contributed by atoms with Crippen LogP contribution in [-0.4, -0.2) is 35.4 Å². The maximum Gasteiger partial charge on any atom is 0.303 e. The number of nitrogens with one attached hydrogen (secondary N) is 3. The molecule has 1 aliphatic carbocycles. The molecule has 1 aliphatic rings. The summed E-state index contributed by atoms with van der Waals surface area (Å²) in [5, 5.41) is 6.23. The van der Waals surface area contributed by atoms with Gasteiger partial charge in [-0.3, -0.25) is 14.4 Å². The predicted octanol–water partition coefficient (Wildman–Crippen LogP) is 3.61. The quantitative estimate of drug-likeness (QED) is 0.501. The van der Waals surface area contributed by atoms with Gasteiger partial charge in [-0.2, -0.15) is 0 Å². The number of hydrogen-bond donors (Lipinski definition) is 3. The third-order valence-corrected chi connectivity index (χ3v) is 6.82. The molecule has 0 saturated heterocycles. The number of benzene rings is 1. The Balaban J connectivity index is 1.52. The molecule has 3 N–H and O–H groups in total. The van der Waals surface area contributed by atoms with Crippen LogP contribution in [0.4, 0.5) is 0 Å². The summed E-state index contributed by atoms with van der Waals surface area (Å²) >= 11 is 13.5. The molecule has 0 spiro atoms. The van der Waals surface area contributed by atoms with Crippen LogP contribution >= 0.6 is 34.5 Å². The summed E-state index contributed by atoms with van der Waals surface area (Å²) in [6, 6.07) is 8.54. The fourth-order valence-electron chi connectivity index (χ4n) is 3.58. The number of H-pyrrole nitrogens is 1. The van der Waals surface area contributed by atoms with Crippen molar-refractivity contribution in [1.82, 2.24) is 15.6 Å². The molecule has 0 unspecified atom stereocenters. The minimum absolute atomic E-state index is 0.317. The largest absolute Gasteiger partial charge is 0.456 e. The lowest BCUT2D eigenvalue weighted by Crippen LogP contribution is -2.45. The molecule has 0 radical (unpaired) electrons. The number of fused-ring (bicyclic) bond motifs is 2. The summed E-state index contributed by atoms with van der Waals surface area (Å²) in [6.45, 7) is 0.864. The molecule has 10 heteroatoms. The molecular weight excluding hydrogens is 449 g/mol. The number of hydrogen-bond acceptors (Lipinski definition) is 5. The summed E-state index contributed by atoms with van der Waals surface area (Å²) in [6.07, 6.45) is 0.558. The standard InChI is InChI=1S/C20H17Cl2N3O4S/c1-9(26)29-8-15(27)25-17-11-5-3-2-4-10(11)6-12(17)24-20(28)13-7-14-18(23-13)16(21)19(22)30-14/h2-5,7,12,17,23H,6,8H2,1H3,(H,24,28)(H,25,27)/t12-,17+/m1/s1. The number of carbonyl (C=O) groups is 3. The van der Waals surface area contributed by atoms with E-state index in [2.05, 4.69) is 15.6 Å². The molecule has 0 bridgehead atoms. The molecule has 0 fully saturated rings. The first-order valence-corrected chi connectivity index (χ1v) is 10.7. The zero-order valence-electron chi connectivity index (χ0n) is 15.8. The van der Waals surface area contributed by atoms with Crippen LogP contribution in [0, 0.1) is 0 Å². The van der Waals surface area contributed by atoms with Gasteiger partial charge in [-0.15, -0.1) is 11.3 Å². The maximum atomic E-state index is 12.9. The summed E-state index contributed by atoms with van der Waals surface area (Å²) in [5.41, 5.74) is 2.93. The Bertz CT molecular complexity index is 1160. The topological polar surface area (TPSA) is 100 Å². The Morgan fingerprint density at radius 2 is 2.00 bits per heavy atom. The first-order chi connectivity index (χ1) is 14.3. The van der Waals surface area contributed by atoms with Gasteiger partial charge in [-0.1, -0.05) is 47.5 Å². The molecule has 1 aromatic carbocycles. The van der Waals surface area contributed by atoms with Gasteiger partial charge in [0.1, 0.15) is 10.0 Å². The monoisotopic (exact) mass is 465 g/mol. The highest BCUT2D eigenvalue weighted by atomic mass is 35.5. The van der Waals surface area contributed by atoms with Crippen LogP contribution in [0.3, 0.4) is 0 Å². The van der Waals surface area contributed by atoms with Crippen molar-refractivity contribution in [3.63, 3.8) is 0 Å². The Hall–Kier alpha value is -2.55. The zero-order chi connectivity index (χ0) is 21.4. The lowest BCUT2D eigenvalue weighted by atomic mass is 10.1. The van der Waals surface area contributed by atoms with Crippen molar-refractivity contribution < 1.29 is 19.1 Å². The van der Waals surface area contributed by atoms with Gasteiger partial charge >= 0.3 is 5.97 Å². The van der Waals surface area contributed by atoms with E-state index in [0.29, 0.717) is 27.0 Å². The van der Waals surface area contributed by atoms with Crippen molar-refractivity contribution in [2.24, 2.45) is 0 Å². The second kappa shape index (κ2) is 8.29. The van der Waals surface area contributed by atoms with Crippen LogP contribution in [0.5, 0.6) is 0 Å². The van der Waals surface area contributed by atoms with E-state index < -0.39 is 17.9 Å². The number of esters is 1. The Labute approximate surface area is 185 Å². The second-order valence-corrected chi connectivity index (χ2v) is 8.95. The number of amides is 2. The minimum Gasteiger partial charge on any atom is -0.456 e. The summed E-state index contributed by atoms with van der Waals surface area (Å²) in [7, 11) is 0. The molecule has 0 aliphatic heterocycles. The second-order valence-electron chi connectivity index (χ2n) is 6.92. The normalized spacial score (nSPS) is 17.6. The van der Waals surface area contributed by atoms with E-state index in [9.17, 15) is 14.4 Å². The predicted molar refractivity (Wildman–Crippen MR) is 115 cm³/mol. The van der Waals surface area contributed by atoms with Crippen molar-refractivity contribution in [3.05, 3.63) is 56.5 Å². The fourth-order valence-corrected chi connectivity index (χ4v) is 5.06. The van der Waals surface area contributed by atoms with Crippen molar-refractivity contribution in [3.8, 4) is 0 Å². The molecule has 2 amide bonds. The molecule has 30 heavy (non-hydrogen) atoms. The van der Waals surface area contributed by atoms with Gasteiger partial charge in [0.2, 0.25) is 0 Å². The van der Waals surface area contributed by atoms with Gasteiger partial charge in [0.25, 0.3) is 11.8 Å².